The summed E-state index contributed by atoms with van der Waals surface area (Å²) in [5.74, 6) is 1.12. The maximum atomic E-state index is 8.20. The van der Waals surface area contributed by atoms with E-state index in [9.17, 15) is 0 Å². The molecule has 62 valence electrons. The molecule has 0 fully saturated rings. The minimum Gasteiger partial charge on any atom is -0.458 e. The number of hydrogen-bond donors (Lipinski definition) is 2. The van der Waals surface area contributed by atoms with Crippen molar-refractivity contribution in [1.82, 2.24) is 0 Å². The summed E-state index contributed by atoms with van der Waals surface area (Å²) in [5.41, 5.74) is 5.21. The molecule has 0 aliphatic rings. The molecule has 0 bridgehead atoms. The Labute approximate surface area is 70.1 Å². The largest absolute Gasteiger partial charge is 0.458 e. The van der Waals surface area contributed by atoms with Crippen molar-refractivity contribution in [1.29, 1.82) is 0 Å². The number of halogens is 1. The van der Waals surface area contributed by atoms with Gasteiger partial charge in [-0.3, -0.25) is 0 Å². The van der Waals surface area contributed by atoms with Gasteiger partial charge in [-0.2, -0.15) is 0 Å². The van der Waals surface area contributed by atoms with Gasteiger partial charge in [-0.25, -0.2) is 0 Å². The molecule has 0 radical (unpaired) electrons. The third-order valence-electron chi connectivity index (χ3n) is 1.10. The van der Waals surface area contributed by atoms with Crippen LogP contribution in [0.25, 0.3) is 0 Å². The molecule has 1 rings (SSSR count). The van der Waals surface area contributed by atoms with Crippen LogP contribution in [0.4, 0.5) is 0 Å². The van der Waals surface area contributed by atoms with Crippen LogP contribution in [0, 0.1) is 6.92 Å². The number of aryl methyl sites for hydroxylation is 1. The standard InChI is InChI=1S/C6H8N2O2.ClH/c1-4-2-3-5(10-4)6(7)8-9;/h2-3,9H,1H3,(H2,7,8);1H. The Morgan fingerprint density at radius 2 is 2.27 bits per heavy atom. The van der Waals surface area contributed by atoms with E-state index in [1.807, 2.05) is 0 Å². The fourth-order valence-corrected chi connectivity index (χ4v) is 0.621. The van der Waals surface area contributed by atoms with E-state index in [0.29, 0.717) is 5.76 Å². The SMILES string of the molecule is Cc1ccc(/C(N)=N/O)o1.Cl. The van der Waals surface area contributed by atoms with Gasteiger partial charge in [-0.15, -0.1) is 12.4 Å². The van der Waals surface area contributed by atoms with E-state index in [2.05, 4.69) is 5.16 Å². The smallest absolute Gasteiger partial charge is 0.205 e. The Morgan fingerprint density at radius 1 is 1.64 bits per heavy atom. The first-order chi connectivity index (χ1) is 4.74. The first kappa shape index (κ1) is 9.84. The van der Waals surface area contributed by atoms with Gasteiger partial charge in [0.05, 0.1) is 0 Å². The third-order valence-corrected chi connectivity index (χ3v) is 1.10. The lowest BCUT2D eigenvalue weighted by molar-refractivity contribution is 0.317. The minimum atomic E-state index is -0.00639. The molecule has 1 heterocycles. The first-order valence-electron chi connectivity index (χ1n) is 2.78. The van der Waals surface area contributed by atoms with Crippen molar-refractivity contribution in [2.45, 2.75) is 6.92 Å². The first-order valence-corrected chi connectivity index (χ1v) is 2.78. The molecule has 0 atom stereocenters. The van der Waals surface area contributed by atoms with Crippen LogP contribution >= 0.6 is 12.4 Å². The molecular formula is C6H9ClN2O2. The molecule has 0 saturated carbocycles. The Balaban J connectivity index is 0.000001000. The molecule has 0 amide bonds. The molecule has 5 heteroatoms. The average molecular weight is 177 g/mol. The third kappa shape index (κ3) is 2.16. The summed E-state index contributed by atoms with van der Waals surface area (Å²) < 4.78 is 5.02. The number of furan rings is 1. The second-order valence-electron chi connectivity index (χ2n) is 1.90. The zero-order chi connectivity index (χ0) is 7.56. The van der Waals surface area contributed by atoms with Gasteiger partial charge in [-0.05, 0) is 19.1 Å². The quantitative estimate of drug-likeness (QED) is 0.291. The summed E-state index contributed by atoms with van der Waals surface area (Å²) >= 11 is 0. The lowest BCUT2D eigenvalue weighted by Crippen LogP contribution is -2.11. The zero-order valence-corrected chi connectivity index (χ0v) is 6.76. The fourth-order valence-electron chi connectivity index (χ4n) is 0.621. The Morgan fingerprint density at radius 3 is 2.64 bits per heavy atom. The second kappa shape index (κ2) is 3.88. The van der Waals surface area contributed by atoms with Crippen LogP contribution in [0.1, 0.15) is 11.5 Å². The van der Waals surface area contributed by atoms with Crippen LogP contribution in [-0.2, 0) is 0 Å². The van der Waals surface area contributed by atoms with Gasteiger partial charge in [0.2, 0.25) is 5.84 Å². The van der Waals surface area contributed by atoms with Crippen molar-refractivity contribution < 1.29 is 9.62 Å². The molecule has 1 aromatic rings. The highest BCUT2D eigenvalue weighted by atomic mass is 35.5. The molecule has 1 aromatic heterocycles. The Hall–Kier alpha value is -1.16. The van der Waals surface area contributed by atoms with E-state index in [0.717, 1.165) is 5.76 Å². The second-order valence-corrected chi connectivity index (χ2v) is 1.90. The monoisotopic (exact) mass is 176 g/mol. The van der Waals surface area contributed by atoms with Gasteiger partial charge in [-0.1, -0.05) is 5.16 Å². The van der Waals surface area contributed by atoms with E-state index in [4.69, 9.17) is 15.4 Å². The van der Waals surface area contributed by atoms with Crippen molar-refractivity contribution in [3.05, 3.63) is 23.7 Å². The van der Waals surface area contributed by atoms with Crippen LogP contribution in [0.2, 0.25) is 0 Å². The molecule has 3 N–H and O–H groups in total. The number of oxime groups is 1. The molecule has 4 nitrogen and oxygen atoms in total. The normalized spacial score (nSPS) is 10.8. The molecule has 11 heavy (non-hydrogen) atoms. The average Bonchev–Trinajstić information content (AvgIpc) is 2.34. The molecule has 0 unspecified atom stereocenters. The summed E-state index contributed by atoms with van der Waals surface area (Å²) in [5, 5.41) is 11.0. The highest BCUT2D eigenvalue weighted by Crippen LogP contribution is 2.04. The summed E-state index contributed by atoms with van der Waals surface area (Å²) in [7, 11) is 0. The van der Waals surface area contributed by atoms with E-state index in [1.165, 1.54) is 0 Å². The highest BCUT2D eigenvalue weighted by molar-refractivity contribution is 5.94. The molecular weight excluding hydrogens is 168 g/mol. The van der Waals surface area contributed by atoms with Crippen molar-refractivity contribution in [2.75, 3.05) is 0 Å². The molecule has 0 spiro atoms. The van der Waals surface area contributed by atoms with Gasteiger partial charge in [0, 0.05) is 0 Å². The van der Waals surface area contributed by atoms with Gasteiger partial charge >= 0.3 is 0 Å². The lowest BCUT2D eigenvalue weighted by atomic mass is 10.4. The predicted octanol–water partition coefficient (Wildman–Crippen LogP) is 1.10. The van der Waals surface area contributed by atoms with E-state index in [-0.39, 0.29) is 18.2 Å². The lowest BCUT2D eigenvalue weighted by Gasteiger charge is -1.88. The van der Waals surface area contributed by atoms with E-state index in [1.54, 1.807) is 19.1 Å². The summed E-state index contributed by atoms with van der Waals surface area (Å²) in [6, 6.07) is 3.39. The van der Waals surface area contributed by atoms with Crippen LogP contribution in [0.3, 0.4) is 0 Å². The maximum absolute atomic E-state index is 8.20. The molecule has 0 aliphatic carbocycles. The van der Waals surface area contributed by atoms with Crippen LogP contribution in [-0.4, -0.2) is 11.0 Å². The highest BCUT2D eigenvalue weighted by Gasteiger charge is 2.01. The topological polar surface area (TPSA) is 71.8 Å². The van der Waals surface area contributed by atoms with Crippen LogP contribution in [0.5, 0.6) is 0 Å². The van der Waals surface area contributed by atoms with Crippen LogP contribution < -0.4 is 5.73 Å². The summed E-state index contributed by atoms with van der Waals surface area (Å²) in [4.78, 5) is 0. The Kier molecular flexibility index (Phi) is 3.47. The molecule has 0 saturated heterocycles. The van der Waals surface area contributed by atoms with Crippen molar-refractivity contribution in [3.63, 3.8) is 0 Å². The minimum absolute atomic E-state index is 0. The van der Waals surface area contributed by atoms with Crippen molar-refractivity contribution in [3.8, 4) is 0 Å². The zero-order valence-electron chi connectivity index (χ0n) is 5.94. The number of nitrogens with zero attached hydrogens (tertiary/aromatic N) is 1. The van der Waals surface area contributed by atoms with Gasteiger partial charge in [0.15, 0.2) is 5.76 Å². The number of hydrogen-bond acceptors (Lipinski definition) is 3. The fraction of sp³-hybridized carbons (Fsp3) is 0.167. The maximum Gasteiger partial charge on any atom is 0.205 e. The van der Waals surface area contributed by atoms with Crippen molar-refractivity contribution >= 4 is 18.2 Å². The van der Waals surface area contributed by atoms with E-state index < -0.39 is 0 Å². The van der Waals surface area contributed by atoms with Gasteiger partial charge in [0.25, 0.3) is 0 Å². The predicted molar refractivity (Wildman–Crippen MR) is 43.2 cm³/mol. The number of rotatable bonds is 1. The Bertz CT molecular complexity index is 257. The molecule has 0 aliphatic heterocycles. The molecule has 0 aromatic carbocycles. The van der Waals surface area contributed by atoms with Gasteiger partial charge in [0.1, 0.15) is 5.76 Å². The number of nitrogens with two attached hydrogens (primary N) is 1. The summed E-state index contributed by atoms with van der Waals surface area (Å²) in [6.45, 7) is 1.79. The van der Waals surface area contributed by atoms with E-state index >= 15 is 0 Å². The van der Waals surface area contributed by atoms with Crippen LogP contribution in [0.15, 0.2) is 21.7 Å². The van der Waals surface area contributed by atoms with Gasteiger partial charge < -0.3 is 15.4 Å². The summed E-state index contributed by atoms with van der Waals surface area (Å²) in [6.07, 6.45) is 0. The van der Waals surface area contributed by atoms with Crippen molar-refractivity contribution in [2.24, 2.45) is 10.9 Å². The number of amidine groups is 1.